The summed E-state index contributed by atoms with van der Waals surface area (Å²) in [5.41, 5.74) is 0.726. The van der Waals surface area contributed by atoms with Gasteiger partial charge in [0.05, 0.1) is 6.42 Å². The van der Waals surface area contributed by atoms with E-state index in [1.54, 1.807) is 17.8 Å². The normalized spacial score (nSPS) is 13.6. The van der Waals surface area contributed by atoms with E-state index in [1.165, 1.54) is 6.92 Å². The summed E-state index contributed by atoms with van der Waals surface area (Å²) in [4.78, 5) is 1.03. The van der Waals surface area contributed by atoms with Gasteiger partial charge < -0.3 is 5.32 Å². The van der Waals surface area contributed by atoms with Crippen molar-refractivity contribution < 1.29 is 13.2 Å². The highest BCUT2D eigenvalue weighted by Crippen LogP contribution is 2.24. The number of anilines is 1. The average Bonchev–Trinajstić information content (AvgIpc) is 2.15. The molecule has 1 aromatic carbocycles. The lowest BCUT2D eigenvalue weighted by atomic mass is 10.2. The third-order valence-electron chi connectivity index (χ3n) is 2.02. The summed E-state index contributed by atoms with van der Waals surface area (Å²) in [5.74, 6) is 0. The molecule has 1 aromatic rings. The molecule has 0 aromatic heterocycles. The van der Waals surface area contributed by atoms with Gasteiger partial charge in [-0.3, -0.25) is 0 Å². The minimum atomic E-state index is -4.12. The first kappa shape index (κ1) is 13.2. The van der Waals surface area contributed by atoms with Crippen LogP contribution in [0, 0.1) is 0 Å². The molecule has 1 N–H and O–H groups in total. The first-order valence-electron chi connectivity index (χ1n) is 4.88. The second-order valence-corrected chi connectivity index (χ2v) is 4.48. The monoisotopic (exact) mass is 249 g/mol. The minimum absolute atomic E-state index is 0.614. The third-order valence-corrected chi connectivity index (χ3v) is 2.75. The van der Waals surface area contributed by atoms with Crippen LogP contribution in [0.5, 0.6) is 0 Å². The zero-order chi connectivity index (χ0) is 12.2. The predicted molar refractivity (Wildman–Crippen MR) is 62.0 cm³/mol. The topological polar surface area (TPSA) is 12.0 Å². The molecule has 1 nitrogen and oxygen atoms in total. The Bertz CT molecular complexity index is 338. The quantitative estimate of drug-likeness (QED) is 0.804. The van der Waals surface area contributed by atoms with Crippen molar-refractivity contribution in [2.45, 2.75) is 30.5 Å². The lowest BCUT2D eigenvalue weighted by Crippen LogP contribution is -2.23. The first-order chi connectivity index (χ1) is 7.40. The molecule has 0 bridgehead atoms. The smallest absolute Gasteiger partial charge is 0.382 e. The fourth-order valence-corrected chi connectivity index (χ4v) is 1.86. The van der Waals surface area contributed by atoms with E-state index < -0.39 is 18.6 Å². The Morgan fingerprint density at radius 2 is 2.06 bits per heavy atom. The van der Waals surface area contributed by atoms with Crippen molar-refractivity contribution >= 4 is 17.4 Å². The molecule has 0 aliphatic carbocycles. The summed E-state index contributed by atoms with van der Waals surface area (Å²) in [6.07, 6.45) is -3.02. The zero-order valence-electron chi connectivity index (χ0n) is 9.14. The molecular formula is C11H14F3NS. The van der Waals surface area contributed by atoms with Gasteiger partial charge in [0.1, 0.15) is 0 Å². The van der Waals surface area contributed by atoms with Crippen LogP contribution in [0.3, 0.4) is 0 Å². The summed E-state index contributed by atoms with van der Waals surface area (Å²) >= 11 is 1.56. The highest BCUT2D eigenvalue weighted by Gasteiger charge is 2.29. The van der Waals surface area contributed by atoms with Crippen LogP contribution in [-0.4, -0.2) is 18.5 Å². The van der Waals surface area contributed by atoms with E-state index in [4.69, 9.17) is 0 Å². The molecule has 90 valence electrons. The molecule has 0 amide bonds. The largest absolute Gasteiger partial charge is 0.391 e. The van der Waals surface area contributed by atoms with Crippen LogP contribution in [0.15, 0.2) is 29.2 Å². The van der Waals surface area contributed by atoms with Crippen molar-refractivity contribution in [1.82, 2.24) is 0 Å². The van der Waals surface area contributed by atoms with Crippen LogP contribution in [0.1, 0.15) is 13.3 Å². The number of thioether (sulfide) groups is 1. The number of alkyl halides is 3. The molecule has 1 atom stereocenters. The molecule has 0 fully saturated rings. The van der Waals surface area contributed by atoms with Gasteiger partial charge in [0.2, 0.25) is 0 Å². The van der Waals surface area contributed by atoms with E-state index in [9.17, 15) is 13.2 Å². The standard InChI is InChI=1S/C11H14F3NS/c1-8(7-11(12,13)14)15-9-4-3-5-10(6-9)16-2/h3-6,8,15H,7H2,1-2H3. The summed E-state index contributed by atoms with van der Waals surface area (Å²) in [5, 5.41) is 2.84. The van der Waals surface area contributed by atoms with E-state index in [-0.39, 0.29) is 0 Å². The minimum Gasteiger partial charge on any atom is -0.382 e. The van der Waals surface area contributed by atoms with E-state index in [0.717, 1.165) is 10.6 Å². The fraction of sp³-hybridized carbons (Fsp3) is 0.455. The van der Waals surface area contributed by atoms with Crippen molar-refractivity contribution in [1.29, 1.82) is 0 Å². The summed E-state index contributed by atoms with van der Waals surface area (Å²) in [6.45, 7) is 1.53. The van der Waals surface area contributed by atoms with Crippen LogP contribution >= 0.6 is 11.8 Å². The SMILES string of the molecule is CSc1cccc(NC(C)CC(F)(F)F)c1. The Kier molecular flexibility index (Phi) is 4.53. The molecular weight excluding hydrogens is 235 g/mol. The van der Waals surface area contributed by atoms with Crippen molar-refractivity contribution in [3.05, 3.63) is 24.3 Å². The lowest BCUT2D eigenvalue weighted by molar-refractivity contribution is -0.136. The fourth-order valence-electron chi connectivity index (χ4n) is 1.40. The Morgan fingerprint density at radius 1 is 1.38 bits per heavy atom. The van der Waals surface area contributed by atoms with Crippen LogP contribution in [0.25, 0.3) is 0 Å². The van der Waals surface area contributed by atoms with Gasteiger partial charge >= 0.3 is 6.18 Å². The van der Waals surface area contributed by atoms with Gasteiger partial charge in [-0.2, -0.15) is 13.2 Å². The maximum absolute atomic E-state index is 12.1. The zero-order valence-corrected chi connectivity index (χ0v) is 9.95. The van der Waals surface area contributed by atoms with E-state index in [0.29, 0.717) is 0 Å². The molecule has 0 aliphatic rings. The van der Waals surface area contributed by atoms with Gasteiger partial charge in [0.25, 0.3) is 0 Å². The molecule has 0 spiro atoms. The first-order valence-corrected chi connectivity index (χ1v) is 6.10. The maximum atomic E-state index is 12.1. The molecule has 1 rings (SSSR count). The third kappa shape index (κ3) is 4.79. The number of hydrogen-bond acceptors (Lipinski definition) is 2. The van der Waals surface area contributed by atoms with Crippen molar-refractivity contribution in [3.8, 4) is 0 Å². The molecule has 0 heterocycles. The van der Waals surface area contributed by atoms with Crippen LogP contribution < -0.4 is 5.32 Å². The summed E-state index contributed by atoms with van der Waals surface area (Å²) in [6, 6.07) is 6.75. The number of hydrogen-bond donors (Lipinski definition) is 1. The Balaban J connectivity index is 2.59. The highest BCUT2D eigenvalue weighted by molar-refractivity contribution is 7.98. The Hall–Kier alpha value is -0.840. The Labute approximate surface area is 97.4 Å². The van der Waals surface area contributed by atoms with Crippen LogP contribution in [0.2, 0.25) is 0 Å². The molecule has 5 heteroatoms. The molecule has 0 saturated heterocycles. The van der Waals surface area contributed by atoms with E-state index >= 15 is 0 Å². The molecule has 1 unspecified atom stereocenters. The number of benzene rings is 1. The molecule has 16 heavy (non-hydrogen) atoms. The molecule has 0 aliphatic heterocycles. The van der Waals surface area contributed by atoms with Gasteiger partial charge in [0.15, 0.2) is 0 Å². The van der Waals surface area contributed by atoms with Crippen molar-refractivity contribution in [2.24, 2.45) is 0 Å². The number of nitrogens with one attached hydrogen (secondary N) is 1. The number of rotatable bonds is 4. The van der Waals surface area contributed by atoms with Gasteiger partial charge in [-0.05, 0) is 31.4 Å². The van der Waals surface area contributed by atoms with Crippen LogP contribution in [-0.2, 0) is 0 Å². The van der Waals surface area contributed by atoms with Gasteiger partial charge in [0, 0.05) is 16.6 Å². The van der Waals surface area contributed by atoms with E-state index in [1.807, 2.05) is 24.5 Å². The molecule has 0 saturated carbocycles. The summed E-state index contributed by atoms with van der Waals surface area (Å²) < 4.78 is 36.3. The van der Waals surface area contributed by atoms with Gasteiger partial charge in [-0.15, -0.1) is 11.8 Å². The van der Waals surface area contributed by atoms with Crippen molar-refractivity contribution in [3.63, 3.8) is 0 Å². The van der Waals surface area contributed by atoms with Gasteiger partial charge in [-0.25, -0.2) is 0 Å². The lowest BCUT2D eigenvalue weighted by Gasteiger charge is -2.17. The highest BCUT2D eigenvalue weighted by atomic mass is 32.2. The van der Waals surface area contributed by atoms with Crippen LogP contribution in [0.4, 0.5) is 18.9 Å². The average molecular weight is 249 g/mol. The van der Waals surface area contributed by atoms with Gasteiger partial charge in [-0.1, -0.05) is 6.07 Å². The Morgan fingerprint density at radius 3 is 2.62 bits per heavy atom. The second-order valence-electron chi connectivity index (χ2n) is 3.60. The van der Waals surface area contributed by atoms with E-state index in [2.05, 4.69) is 5.32 Å². The predicted octanol–water partition coefficient (Wildman–Crippen LogP) is 4.16. The number of halogens is 3. The maximum Gasteiger partial charge on any atom is 0.391 e. The molecule has 0 radical (unpaired) electrons. The second kappa shape index (κ2) is 5.48. The van der Waals surface area contributed by atoms with Crippen molar-refractivity contribution in [2.75, 3.05) is 11.6 Å². The summed E-state index contributed by atoms with van der Waals surface area (Å²) in [7, 11) is 0.